The number of aliphatic carboxylic acids is 1. The van der Waals surface area contributed by atoms with Crippen LogP contribution < -0.4 is 5.32 Å². The summed E-state index contributed by atoms with van der Waals surface area (Å²) in [6, 6.07) is 0. The van der Waals surface area contributed by atoms with Gasteiger partial charge in [-0.15, -0.1) is 0 Å². The number of hydrogen-bond acceptors (Lipinski definition) is 5. The summed E-state index contributed by atoms with van der Waals surface area (Å²) in [7, 11) is 0. The minimum absolute atomic E-state index is 0.292. The molecule has 2 rings (SSSR count). The number of carboxylic acid groups (broad SMARTS) is 1. The first-order chi connectivity index (χ1) is 10.1. The van der Waals surface area contributed by atoms with Gasteiger partial charge in [0.05, 0.1) is 5.60 Å². The third-order valence-electron chi connectivity index (χ3n) is 4.13. The van der Waals surface area contributed by atoms with E-state index in [4.69, 9.17) is 9.47 Å². The maximum atomic E-state index is 12.1. The summed E-state index contributed by atoms with van der Waals surface area (Å²) >= 11 is 0. The van der Waals surface area contributed by atoms with Gasteiger partial charge in [-0.2, -0.15) is 0 Å². The smallest absolute Gasteiger partial charge is 0.410 e. The Morgan fingerprint density at radius 1 is 1.23 bits per heavy atom. The molecular weight excluding hydrogens is 288 g/mol. The zero-order chi connectivity index (χ0) is 16.6. The number of nitrogens with one attached hydrogen (secondary N) is 1. The largest absolute Gasteiger partial charge is 0.479 e. The van der Waals surface area contributed by atoms with Crippen molar-refractivity contribution in [2.45, 2.75) is 57.3 Å². The Bertz CT molecular complexity index is 451. The second-order valence-electron chi connectivity index (χ2n) is 7.39. The number of nitrogens with zero attached hydrogens (tertiary/aromatic N) is 1. The minimum atomic E-state index is -1.22. The average Bonchev–Trinajstić information content (AvgIpc) is 2.37. The van der Waals surface area contributed by atoms with E-state index in [1.165, 1.54) is 0 Å². The molecule has 0 aromatic rings. The van der Waals surface area contributed by atoms with Crippen LogP contribution in [-0.2, 0) is 14.3 Å². The van der Waals surface area contributed by atoms with E-state index >= 15 is 0 Å². The van der Waals surface area contributed by atoms with Gasteiger partial charge in [-0.1, -0.05) is 0 Å². The van der Waals surface area contributed by atoms with Gasteiger partial charge in [0.1, 0.15) is 5.60 Å². The summed E-state index contributed by atoms with van der Waals surface area (Å²) in [5.74, 6) is -0.964. The van der Waals surface area contributed by atoms with Gasteiger partial charge in [-0.05, 0) is 40.5 Å². The molecule has 1 spiro atoms. The highest BCUT2D eigenvalue weighted by Gasteiger charge is 2.49. The van der Waals surface area contributed by atoms with E-state index in [-0.39, 0.29) is 6.09 Å². The molecule has 0 aliphatic carbocycles. The topological polar surface area (TPSA) is 88.1 Å². The maximum Gasteiger partial charge on any atom is 0.410 e. The molecule has 2 heterocycles. The number of piperidine rings is 1. The number of morpholine rings is 1. The Morgan fingerprint density at radius 3 is 2.32 bits per heavy atom. The molecular formula is C15H26N2O5. The predicted molar refractivity (Wildman–Crippen MR) is 79.8 cm³/mol. The first-order valence-electron chi connectivity index (χ1n) is 7.68. The van der Waals surface area contributed by atoms with Gasteiger partial charge in [-0.25, -0.2) is 9.59 Å². The highest BCUT2D eigenvalue weighted by atomic mass is 16.6. The molecule has 2 N–H and O–H groups in total. The lowest BCUT2D eigenvalue weighted by Gasteiger charge is -2.49. The SMILES string of the molecule is CC(C)(C)OC(=O)N1CCC2(CC1)CNCC(C)(C(=O)O)O2. The van der Waals surface area contributed by atoms with Gasteiger partial charge in [0, 0.05) is 26.2 Å². The molecule has 0 aromatic carbocycles. The van der Waals surface area contributed by atoms with Crippen molar-refractivity contribution < 1.29 is 24.2 Å². The van der Waals surface area contributed by atoms with Crippen LogP contribution in [0.2, 0.25) is 0 Å². The van der Waals surface area contributed by atoms with Gasteiger partial charge < -0.3 is 24.8 Å². The zero-order valence-electron chi connectivity index (χ0n) is 13.8. The molecule has 2 fully saturated rings. The van der Waals surface area contributed by atoms with Crippen LogP contribution in [0.15, 0.2) is 0 Å². The third kappa shape index (κ3) is 3.70. The quantitative estimate of drug-likeness (QED) is 0.756. The van der Waals surface area contributed by atoms with Crippen molar-refractivity contribution in [3.8, 4) is 0 Å². The van der Waals surface area contributed by atoms with E-state index in [1.807, 2.05) is 20.8 Å². The Kier molecular flexibility index (Phi) is 4.41. The van der Waals surface area contributed by atoms with Crippen molar-refractivity contribution in [2.24, 2.45) is 0 Å². The number of ether oxygens (including phenoxy) is 2. The van der Waals surface area contributed by atoms with Gasteiger partial charge in [0.25, 0.3) is 0 Å². The lowest BCUT2D eigenvalue weighted by atomic mass is 9.87. The molecule has 126 valence electrons. The van der Waals surface area contributed by atoms with Gasteiger partial charge in [0.15, 0.2) is 5.60 Å². The van der Waals surface area contributed by atoms with Crippen molar-refractivity contribution in [1.29, 1.82) is 0 Å². The normalized spacial score (nSPS) is 28.5. The van der Waals surface area contributed by atoms with Crippen molar-refractivity contribution >= 4 is 12.1 Å². The first-order valence-corrected chi connectivity index (χ1v) is 7.68. The number of amides is 1. The number of carboxylic acids is 1. The number of rotatable bonds is 1. The molecule has 2 aliphatic heterocycles. The molecule has 1 atom stereocenters. The van der Waals surface area contributed by atoms with Crippen LogP contribution in [0.3, 0.4) is 0 Å². The average molecular weight is 314 g/mol. The molecule has 0 aromatic heterocycles. The maximum absolute atomic E-state index is 12.1. The molecule has 0 saturated carbocycles. The predicted octanol–water partition coefficient (Wildman–Crippen LogP) is 1.22. The van der Waals surface area contributed by atoms with Gasteiger partial charge in [-0.3, -0.25) is 0 Å². The number of likely N-dealkylation sites (tertiary alicyclic amines) is 1. The van der Waals surface area contributed by atoms with Crippen LogP contribution >= 0.6 is 0 Å². The molecule has 1 unspecified atom stereocenters. The molecule has 2 aliphatic rings. The van der Waals surface area contributed by atoms with E-state index in [0.29, 0.717) is 39.0 Å². The number of hydrogen-bond donors (Lipinski definition) is 2. The number of carbonyl (C=O) groups is 2. The van der Waals surface area contributed by atoms with Crippen molar-refractivity contribution in [2.75, 3.05) is 26.2 Å². The highest BCUT2D eigenvalue weighted by Crippen LogP contribution is 2.34. The van der Waals surface area contributed by atoms with E-state index in [9.17, 15) is 14.7 Å². The monoisotopic (exact) mass is 314 g/mol. The van der Waals surface area contributed by atoms with Crippen LogP contribution in [0, 0.1) is 0 Å². The molecule has 7 nitrogen and oxygen atoms in total. The molecule has 2 saturated heterocycles. The molecule has 22 heavy (non-hydrogen) atoms. The Morgan fingerprint density at radius 2 is 1.82 bits per heavy atom. The van der Waals surface area contributed by atoms with Crippen LogP contribution in [0.25, 0.3) is 0 Å². The van der Waals surface area contributed by atoms with Crippen LogP contribution in [0.4, 0.5) is 4.79 Å². The summed E-state index contributed by atoms with van der Waals surface area (Å²) in [5.41, 5.74) is -2.26. The van der Waals surface area contributed by atoms with E-state index in [1.54, 1.807) is 11.8 Å². The lowest BCUT2D eigenvalue weighted by molar-refractivity contribution is -0.207. The van der Waals surface area contributed by atoms with Crippen LogP contribution in [0.5, 0.6) is 0 Å². The third-order valence-corrected chi connectivity index (χ3v) is 4.13. The summed E-state index contributed by atoms with van der Waals surface area (Å²) in [6.07, 6.45) is 0.872. The highest BCUT2D eigenvalue weighted by molar-refractivity contribution is 5.77. The van der Waals surface area contributed by atoms with Crippen molar-refractivity contribution in [1.82, 2.24) is 10.2 Å². The number of carbonyl (C=O) groups excluding carboxylic acids is 1. The standard InChI is InChI=1S/C15H26N2O5/c1-13(2,3)21-12(20)17-7-5-15(6-8-17)10-16-9-14(4,22-15)11(18)19/h16H,5-10H2,1-4H3,(H,18,19). The molecule has 1 amide bonds. The zero-order valence-corrected chi connectivity index (χ0v) is 13.8. The fraction of sp³-hybridized carbons (Fsp3) is 0.867. The van der Waals surface area contributed by atoms with E-state index in [2.05, 4.69) is 5.32 Å². The fourth-order valence-corrected chi connectivity index (χ4v) is 2.90. The van der Waals surface area contributed by atoms with Crippen LogP contribution in [-0.4, -0.2) is 65.1 Å². The second-order valence-corrected chi connectivity index (χ2v) is 7.39. The van der Waals surface area contributed by atoms with Crippen molar-refractivity contribution in [3.05, 3.63) is 0 Å². The Hall–Kier alpha value is -1.34. The Balaban J connectivity index is 1.96. The Labute approximate surface area is 130 Å². The lowest BCUT2D eigenvalue weighted by Crippen LogP contribution is -2.65. The summed E-state index contributed by atoms with van der Waals surface area (Å²) < 4.78 is 11.3. The molecule has 0 bridgehead atoms. The first kappa shape index (κ1) is 17.0. The second kappa shape index (κ2) is 5.70. The van der Waals surface area contributed by atoms with Crippen molar-refractivity contribution in [3.63, 3.8) is 0 Å². The minimum Gasteiger partial charge on any atom is -0.479 e. The summed E-state index contributed by atoms with van der Waals surface area (Å²) in [5, 5.41) is 12.5. The van der Waals surface area contributed by atoms with Crippen LogP contribution in [0.1, 0.15) is 40.5 Å². The van der Waals surface area contributed by atoms with E-state index in [0.717, 1.165) is 0 Å². The van der Waals surface area contributed by atoms with Gasteiger partial charge in [0.2, 0.25) is 0 Å². The van der Waals surface area contributed by atoms with E-state index < -0.39 is 22.8 Å². The molecule has 0 radical (unpaired) electrons. The van der Waals surface area contributed by atoms with Gasteiger partial charge >= 0.3 is 12.1 Å². The summed E-state index contributed by atoms with van der Waals surface area (Å²) in [4.78, 5) is 25.1. The fourth-order valence-electron chi connectivity index (χ4n) is 2.90. The summed E-state index contributed by atoms with van der Waals surface area (Å²) in [6.45, 7) is 9.01. The molecule has 7 heteroatoms.